The van der Waals surface area contributed by atoms with Gasteiger partial charge in [-0.2, -0.15) is 0 Å². The number of carbonyl (C=O) groups excluding carboxylic acids is 1. The Hall–Kier alpha value is -2.03. The van der Waals surface area contributed by atoms with Crippen molar-refractivity contribution in [3.05, 3.63) is 59.5 Å². The van der Waals surface area contributed by atoms with Crippen LogP contribution >= 0.6 is 0 Å². The second kappa shape index (κ2) is 5.08. The Kier molecular flexibility index (Phi) is 3.51. The van der Waals surface area contributed by atoms with E-state index >= 15 is 0 Å². The molecule has 3 nitrogen and oxygen atoms in total. The maximum atomic E-state index is 12.2. The SMILES string of the molecule is Cc1ccc(C(C)N(C)C(=O)c2ccoc2)cc1. The minimum atomic E-state index is -0.0307. The highest BCUT2D eigenvalue weighted by Crippen LogP contribution is 2.21. The highest BCUT2D eigenvalue weighted by molar-refractivity contribution is 5.93. The van der Waals surface area contributed by atoms with Crippen LogP contribution in [0.25, 0.3) is 0 Å². The molecule has 1 heterocycles. The van der Waals surface area contributed by atoms with E-state index in [4.69, 9.17) is 4.42 Å². The van der Waals surface area contributed by atoms with Crippen molar-refractivity contribution in [1.82, 2.24) is 4.90 Å². The van der Waals surface area contributed by atoms with Crippen LogP contribution in [-0.2, 0) is 0 Å². The first kappa shape index (κ1) is 12.4. The first-order valence-corrected chi connectivity index (χ1v) is 5.95. The number of amides is 1. The summed E-state index contributed by atoms with van der Waals surface area (Å²) in [7, 11) is 1.81. The molecule has 1 atom stereocenters. The minimum absolute atomic E-state index is 0.0307. The van der Waals surface area contributed by atoms with Gasteiger partial charge in [-0.15, -0.1) is 0 Å². The monoisotopic (exact) mass is 243 g/mol. The Labute approximate surface area is 107 Å². The number of nitrogens with zero attached hydrogens (tertiary/aromatic N) is 1. The number of rotatable bonds is 3. The molecule has 1 unspecified atom stereocenters. The fourth-order valence-electron chi connectivity index (χ4n) is 1.83. The number of benzene rings is 1. The fraction of sp³-hybridized carbons (Fsp3) is 0.267. The van der Waals surface area contributed by atoms with Crippen LogP contribution in [0.5, 0.6) is 0 Å². The Morgan fingerprint density at radius 2 is 1.89 bits per heavy atom. The normalized spacial score (nSPS) is 12.2. The highest BCUT2D eigenvalue weighted by Gasteiger charge is 2.19. The smallest absolute Gasteiger partial charge is 0.257 e. The van der Waals surface area contributed by atoms with E-state index in [1.165, 1.54) is 18.1 Å². The van der Waals surface area contributed by atoms with E-state index < -0.39 is 0 Å². The molecule has 0 saturated carbocycles. The lowest BCUT2D eigenvalue weighted by molar-refractivity contribution is 0.0742. The number of aryl methyl sites for hydroxylation is 1. The Morgan fingerprint density at radius 3 is 2.44 bits per heavy atom. The van der Waals surface area contributed by atoms with Crippen molar-refractivity contribution in [3.63, 3.8) is 0 Å². The average molecular weight is 243 g/mol. The third-order valence-electron chi connectivity index (χ3n) is 3.23. The molecule has 1 amide bonds. The molecule has 3 heteroatoms. The third kappa shape index (κ3) is 2.45. The molecule has 0 aliphatic heterocycles. The topological polar surface area (TPSA) is 33.5 Å². The molecular weight excluding hydrogens is 226 g/mol. The summed E-state index contributed by atoms with van der Waals surface area (Å²) in [5.74, 6) is -0.0307. The molecule has 0 saturated heterocycles. The molecule has 18 heavy (non-hydrogen) atoms. The quantitative estimate of drug-likeness (QED) is 0.827. The molecular formula is C15H17NO2. The lowest BCUT2D eigenvalue weighted by Crippen LogP contribution is -2.29. The van der Waals surface area contributed by atoms with Crippen molar-refractivity contribution >= 4 is 5.91 Å². The molecule has 0 aliphatic carbocycles. The molecule has 1 aromatic heterocycles. The molecule has 0 N–H and O–H groups in total. The summed E-state index contributed by atoms with van der Waals surface area (Å²) in [6.45, 7) is 4.07. The van der Waals surface area contributed by atoms with Gasteiger partial charge in [0.15, 0.2) is 0 Å². The van der Waals surface area contributed by atoms with Crippen molar-refractivity contribution < 1.29 is 9.21 Å². The summed E-state index contributed by atoms with van der Waals surface area (Å²) < 4.78 is 4.94. The summed E-state index contributed by atoms with van der Waals surface area (Å²) in [5.41, 5.74) is 2.92. The van der Waals surface area contributed by atoms with Crippen LogP contribution in [0.15, 0.2) is 47.3 Å². The van der Waals surface area contributed by atoms with E-state index in [1.54, 1.807) is 18.0 Å². The van der Waals surface area contributed by atoms with Crippen LogP contribution in [0.1, 0.15) is 34.5 Å². The zero-order valence-corrected chi connectivity index (χ0v) is 10.9. The van der Waals surface area contributed by atoms with Crippen LogP contribution in [0.4, 0.5) is 0 Å². The van der Waals surface area contributed by atoms with Crippen molar-refractivity contribution in [2.45, 2.75) is 19.9 Å². The van der Waals surface area contributed by atoms with E-state index in [0.717, 1.165) is 5.56 Å². The first-order chi connectivity index (χ1) is 8.59. The van der Waals surface area contributed by atoms with Crippen molar-refractivity contribution in [1.29, 1.82) is 0 Å². The largest absolute Gasteiger partial charge is 0.472 e. The van der Waals surface area contributed by atoms with Gasteiger partial charge in [-0.25, -0.2) is 0 Å². The molecule has 0 spiro atoms. The maximum absolute atomic E-state index is 12.2. The predicted octanol–water partition coefficient (Wildman–Crippen LogP) is 3.42. The zero-order chi connectivity index (χ0) is 13.1. The standard InChI is InChI=1S/C15H17NO2/c1-11-4-6-13(7-5-11)12(2)16(3)15(17)14-8-9-18-10-14/h4-10,12H,1-3H3. The number of hydrogen-bond donors (Lipinski definition) is 0. The molecule has 94 valence electrons. The van der Waals surface area contributed by atoms with E-state index in [0.29, 0.717) is 5.56 Å². The van der Waals surface area contributed by atoms with Gasteiger partial charge in [-0.05, 0) is 25.5 Å². The Morgan fingerprint density at radius 1 is 1.22 bits per heavy atom. The van der Waals surface area contributed by atoms with Crippen molar-refractivity contribution in [3.8, 4) is 0 Å². The molecule has 0 bridgehead atoms. The second-order valence-corrected chi connectivity index (χ2v) is 4.51. The van der Waals surface area contributed by atoms with Gasteiger partial charge in [0.1, 0.15) is 6.26 Å². The van der Waals surface area contributed by atoms with E-state index in [2.05, 4.69) is 31.2 Å². The molecule has 2 aromatic rings. The summed E-state index contributed by atoms with van der Waals surface area (Å²) in [6, 6.07) is 9.94. The highest BCUT2D eigenvalue weighted by atomic mass is 16.3. The van der Waals surface area contributed by atoms with Crippen LogP contribution < -0.4 is 0 Å². The van der Waals surface area contributed by atoms with Gasteiger partial charge in [0.05, 0.1) is 17.9 Å². The Bertz CT molecular complexity index is 514. The van der Waals surface area contributed by atoms with E-state index in [-0.39, 0.29) is 11.9 Å². The number of hydrogen-bond acceptors (Lipinski definition) is 2. The van der Waals surface area contributed by atoms with Crippen LogP contribution in [0.3, 0.4) is 0 Å². The molecule has 2 rings (SSSR count). The minimum Gasteiger partial charge on any atom is -0.472 e. The lowest BCUT2D eigenvalue weighted by Gasteiger charge is -2.25. The van der Waals surface area contributed by atoms with Crippen LogP contribution in [0, 0.1) is 6.92 Å². The lowest BCUT2D eigenvalue weighted by atomic mass is 10.1. The summed E-state index contributed by atoms with van der Waals surface area (Å²) in [5, 5.41) is 0. The van der Waals surface area contributed by atoms with Crippen LogP contribution in [0.2, 0.25) is 0 Å². The summed E-state index contributed by atoms with van der Waals surface area (Å²) >= 11 is 0. The molecule has 0 radical (unpaired) electrons. The Balaban J connectivity index is 2.16. The second-order valence-electron chi connectivity index (χ2n) is 4.51. The third-order valence-corrected chi connectivity index (χ3v) is 3.23. The van der Waals surface area contributed by atoms with Gasteiger partial charge in [-0.1, -0.05) is 29.8 Å². The number of carbonyl (C=O) groups is 1. The van der Waals surface area contributed by atoms with Gasteiger partial charge in [0.25, 0.3) is 5.91 Å². The van der Waals surface area contributed by atoms with Crippen molar-refractivity contribution in [2.24, 2.45) is 0 Å². The zero-order valence-electron chi connectivity index (χ0n) is 10.9. The average Bonchev–Trinajstić information content (AvgIpc) is 2.91. The van der Waals surface area contributed by atoms with Crippen molar-refractivity contribution in [2.75, 3.05) is 7.05 Å². The van der Waals surface area contributed by atoms with Gasteiger partial charge in [0, 0.05) is 7.05 Å². The molecule has 0 fully saturated rings. The fourth-order valence-corrected chi connectivity index (χ4v) is 1.83. The van der Waals surface area contributed by atoms with E-state index in [1.807, 2.05) is 6.92 Å². The summed E-state index contributed by atoms with van der Waals surface area (Å²) in [6.07, 6.45) is 2.98. The first-order valence-electron chi connectivity index (χ1n) is 5.95. The summed E-state index contributed by atoms with van der Waals surface area (Å²) in [4.78, 5) is 13.9. The van der Waals surface area contributed by atoms with Gasteiger partial charge >= 0.3 is 0 Å². The maximum Gasteiger partial charge on any atom is 0.257 e. The predicted molar refractivity (Wildman–Crippen MR) is 70.4 cm³/mol. The van der Waals surface area contributed by atoms with Crippen LogP contribution in [-0.4, -0.2) is 17.9 Å². The van der Waals surface area contributed by atoms with Gasteiger partial charge in [-0.3, -0.25) is 4.79 Å². The molecule has 0 aliphatic rings. The van der Waals surface area contributed by atoms with Gasteiger partial charge in [0.2, 0.25) is 0 Å². The molecule has 1 aromatic carbocycles. The number of furan rings is 1. The van der Waals surface area contributed by atoms with Gasteiger partial charge < -0.3 is 9.32 Å². The van der Waals surface area contributed by atoms with E-state index in [9.17, 15) is 4.79 Å².